The molecule has 1 N–H and O–H groups in total. The zero-order chi connectivity index (χ0) is 22.0. The van der Waals surface area contributed by atoms with Gasteiger partial charge < -0.3 is 9.88 Å². The van der Waals surface area contributed by atoms with Gasteiger partial charge in [-0.2, -0.15) is 0 Å². The molecule has 0 saturated carbocycles. The van der Waals surface area contributed by atoms with E-state index in [2.05, 4.69) is 4.98 Å². The Bertz CT molecular complexity index is 1100. The number of aromatic amines is 1. The number of carbonyl (C=O) groups is 1. The molecule has 1 fully saturated rings. The van der Waals surface area contributed by atoms with Crippen molar-refractivity contribution in [2.24, 2.45) is 0 Å². The number of benzene rings is 2. The Kier molecular flexibility index (Phi) is 6.20. The molecule has 162 valence electrons. The highest BCUT2D eigenvalue weighted by Gasteiger charge is 2.34. The molecule has 1 saturated heterocycles. The van der Waals surface area contributed by atoms with Gasteiger partial charge in [-0.1, -0.05) is 72.4 Å². The molecule has 8 heteroatoms. The topological polar surface area (TPSA) is 83.1 Å². The Hall–Kier alpha value is -2.58. The van der Waals surface area contributed by atoms with Crippen molar-refractivity contribution in [2.45, 2.75) is 29.8 Å². The third-order valence-electron chi connectivity index (χ3n) is 5.53. The van der Waals surface area contributed by atoms with Crippen LogP contribution >= 0.6 is 11.8 Å². The number of carbonyl (C=O) groups excluding carboxylic acids is 1. The largest absolute Gasteiger partial charge is 0.341 e. The van der Waals surface area contributed by atoms with E-state index in [1.807, 2.05) is 67.6 Å². The number of hydrogen-bond acceptors (Lipinski definition) is 5. The van der Waals surface area contributed by atoms with Gasteiger partial charge in [-0.3, -0.25) is 4.79 Å². The number of aromatic nitrogens is 2. The molecule has 3 aromatic rings. The van der Waals surface area contributed by atoms with Gasteiger partial charge in [0.25, 0.3) is 0 Å². The summed E-state index contributed by atoms with van der Waals surface area (Å²) in [6.45, 7) is 1.83. The molecule has 0 aliphatic carbocycles. The summed E-state index contributed by atoms with van der Waals surface area (Å²) in [5.74, 6) is 0.102. The predicted octanol–water partition coefficient (Wildman–Crippen LogP) is 3.87. The quantitative estimate of drug-likeness (QED) is 0.571. The summed E-state index contributed by atoms with van der Waals surface area (Å²) in [5.41, 5.74) is 3.76. The minimum absolute atomic E-state index is 0.0453. The fourth-order valence-electron chi connectivity index (χ4n) is 3.79. The molecule has 2 atom stereocenters. The number of sulfone groups is 1. The average Bonchev–Trinajstić information content (AvgIpc) is 3.37. The molecule has 2 heterocycles. The van der Waals surface area contributed by atoms with Crippen LogP contribution in [-0.2, 0) is 14.6 Å². The first-order chi connectivity index (χ1) is 14.8. The van der Waals surface area contributed by atoms with E-state index in [4.69, 9.17) is 4.98 Å². The van der Waals surface area contributed by atoms with Gasteiger partial charge in [0.1, 0.15) is 0 Å². The van der Waals surface area contributed by atoms with Crippen molar-refractivity contribution >= 4 is 27.5 Å². The molecule has 4 rings (SSSR count). The van der Waals surface area contributed by atoms with Gasteiger partial charge in [0.05, 0.1) is 28.1 Å². The number of imidazole rings is 1. The fraction of sp³-hybridized carbons (Fsp3) is 0.304. The van der Waals surface area contributed by atoms with Gasteiger partial charge in [-0.05, 0) is 13.3 Å². The summed E-state index contributed by atoms with van der Waals surface area (Å²) < 4.78 is 23.6. The van der Waals surface area contributed by atoms with Crippen molar-refractivity contribution in [1.82, 2.24) is 14.9 Å². The summed E-state index contributed by atoms with van der Waals surface area (Å²) in [7, 11) is -1.35. The third-order valence-corrected chi connectivity index (χ3v) is 8.25. The second-order valence-corrected chi connectivity index (χ2v) is 11.3. The lowest BCUT2D eigenvalue weighted by Crippen LogP contribution is -2.41. The highest BCUT2D eigenvalue weighted by atomic mass is 32.2. The third kappa shape index (κ3) is 4.85. The van der Waals surface area contributed by atoms with E-state index < -0.39 is 15.1 Å². The molecule has 1 aliphatic rings. The molecule has 1 aromatic heterocycles. The van der Waals surface area contributed by atoms with Crippen LogP contribution in [0.5, 0.6) is 0 Å². The van der Waals surface area contributed by atoms with Crippen molar-refractivity contribution in [3.05, 3.63) is 60.7 Å². The maximum absolute atomic E-state index is 12.9. The molecule has 31 heavy (non-hydrogen) atoms. The predicted molar refractivity (Wildman–Crippen MR) is 125 cm³/mol. The smallest absolute Gasteiger partial charge is 0.235 e. The van der Waals surface area contributed by atoms with Gasteiger partial charge in [-0.15, -0.1) is 0 Å². The van der Waals surface area contributed by atoms with E-state index in [9.17, 15) is 13.2 Å². The zero-order valence-electron chi connectivity index (χ0n) is 17.5. The second kappa shape index (κ2) is 8.88. The standard InChI is InChI=1S/C23H25N3O3S2/c1-16(22(27)26(2)19-13-14-31(28,29)15-19)30-23-24-20(17-9-5-3-6-10-17)21(25-23)18-11-7-4-8-12-18/h3-12,16,19H,13-15H2,1-2H3,(H,24,25). The van der Waals surface area contributed by atoms with E-state index in [0.29, 0.717) is 11.6 Å². The van der Waals surface area contributed by atoms with Crippen LogP contribution in [0.4, 0.5) is 0 Å². The Balaban J connectivity index is 1.57. The van der Waals surface area contributed by atoms with Crippen LogP contribution in [0.3, 0.4) is 0 Å². The second-order valence-electron chi connectivity index (χ2n) is 7.76. The van der Waals surface area contributed by atoms with Crippen LogP contribution < -0.4 is 0 Å². The minimum atomic E-state index is -3.04. The molecule has 2 unspecified atom stereocenters. The number of H-pyrrole nitrogens is 1. The summed E-state index contributed by atoms with van der Waals surface area (Å²) in [5, 5.41) is 0.262. The first-order valence-corrected chi connectivity index (χ1v) is 12.9. The summed E-state index contributed by atoms with van der Waals surface area (Å²) >= 11 is 1.36. The molecule has 6 nitrogen and oxygen atoms in total. The molecule has 0 bridgehead atoms. The molecule has 1 amide bonds. The molecule has 0 radical (unpaired) electrons. The van der Waals surface area contributed by atoms with Gasteiger partial charge >= 0.3 is 0 Å². The molecule has 0 spiro atoms. The van der Waals surface area contributed by atoms with Gasteiger partial charge in [-0.25, -0.2) is 13.4 Å². The van der Waals surface area contributed by atoms with E-state index in [-0.39, 0.29) is 23.5 Å². The first kappa shape index (κ1) is 21.6. The number of nitrogens with one attached hydrogen (secondary N) is 1. The maximum atomic E-state index is 12.9. The lowest BCUT2D eigenvalue weighted by atomic mass is 10.1. The van der Waals surface area contributed by atoms with Crippen molar-refractivity contribution in [3.63, 3.8) is 0 Å². The van der Waals surface area contributed by atoms with Crippen LogP contribution in [0.15, 0.2) is 65.8 Å². The van der Waals surface area contributed by atoms with Crippen molar-refractivity contribution in [2.75, 3.05) is 18.6 Å². The SMILES string of the molecule is CC(Sc1nc(-c2ccccc2)c(-c2ccccc2)[nH]1)C(=O)N(C)C1CCS(=O)(=O)C1. The van der Waals surface area contributed by atoms with Gasteiger partial charge in [0.15, 0.2) is 15.0 Å². The number of nitrogens with zero attached hydrogens (tertiary/aromatic N) is 2. The van der Waals surface area contributed by atoms with Crippen LogP contribution in [0.2, 0.25) is 0 Å². The monoisotopic (exact) mass is 455 g/mol. The van der Waals surface area contributed by atoms with E-state index in [1.54, 1.807) is 11.9 Å². The normalized spacial score (nSPS) is 18.6. The number of thioether (sulfide) groups is 1. The van der Waals surface area contributed by atoms with Crippen LogP contribution in [0, 0.1) is 0 Å². The Labute approximate surface area is 187 Å². The molecule has 2 aromatic carbocycles. The molecular formula is C23H25N3O3S2. The van der Waals surface area contributed by atoms with Crippen molar-refractivity contribution in [3.8, 4) is 22.5 Å². The summed E-state index contributed by atoms with van der Waals surface area (Å²) in [6, 6.07) is 19.7. The molecule has 1 aliphatic heterocycles. The van der Waals surface area contributed by atoms with Crippen LogP contribution in [0.25, 0.3) is 22.5 Å². The Morgan fingerprint density at radius 3 is 2.29 bits per heavy atom. The fourth-order valence-corrected chi connectivity index (χ4v) is 6.47. The number of rotatable bonds is 6. The minimum Gasteiger partial charge on any atom is -0.341 e. The van der Waals surface area contributed by atoms with E-state index in [0.717, 1.165) is 22.5 Å². The number of amides is 1. The Morgan fingerprint density at radius 2 is 1.71 bits per heavy atom. The van der Waals surface area contributed by atoms with E-state index >= 15 is 0 Å². The highest BCUT2D eigenvalue weighted by molar-refractivity contribution is 8.00. The van der Waals surface area contributed by atoms with Crippen LogP contribution in [-0.4, -0.2) is 59.0 Å². The van der Waals surface area contributed by atoms with Crippen molar-refractivity contribution in [1.29, 1.82) is 0 Å². The van der Waals surface area contributed by atoms with E-state index in [1.165, 1.54) is 11.8 Å². The van der Waals surface area contributed by atoms with Crippen molar-refractivity contribution < 1.29 is 13.2 Å². The molecular weight excluding hydrogens is 430 g/mol. The lowest BCUT2D eigenvalue weighted by molar-refractivity contribution is -0.130. The average molecular weight is 456 g/mol. The summed E-state index contributed by atoms with van der Waals surface area (Å²) in [6.07, 6.45) is 0.499. The highest BCUT2D eigenvalue weighted by Crippen LogP contribution is 2.34. The maximum Gasteiger partial charge on any atom is 0.235 e. The lowest BCUT2D eigenvalue weighted by Gasteiger charge is -2.25. The van der Waals surface area contributed by atoms with Gasteiger partial charge in [0.2, 0.25) is 5.91 Å². The van der Waals surface area contributed by atoms with Gasteiger partial charge in [0, 0.05) is 24.2 Å². The Morgan fingerprint density at radius 1 is 1.10 bits per heavy atom. The first-order valence-electron chi connectivity index (χ1n) is 10.2. The number of hydrogen-bond donors (Lipinski definition) is 1. The summed E-state index contributed by atoms with van der Waals surface area (Å²) in [4.78, 5) is 22.7. The van der Waals surface area contributed by atoms with Crippen LogP contribution in [0.1, 0.15) is 13.3 Å². The zero-order valence-corrected chi connectivity index (χ0v) is 19.1.